The molecule has 0 atom stereocenters. The van der Waals surface area contributed by atoms with E-state index in [0.717, 1.165) is 11.3 Å². The average molecular weight is 266 g/mol. The van der Waals surface area contributed by atoms with Gasteiger partial charge in [-0.15, -0.1) is 0 Å². The summed E-state index contributed by atoms with van der Waals surface area (Å²) in [6.45, 7) is 0.600. The van der Waals surface area contributed by atoms with Crippen LogP contribution < -0.4 is 10.1 Å². The molecule has 0 aliphatic rings. The highest BCUT2D eigenvalue weighted by Gasteiger charge is 2.04. The lowest BCUT2D eigenvalue weighted by Gasteiger charge is -2.11. The molecule has 4 heteroatoms. The normalized spacial score (nSPS) is 10.2. The van der Waals surface area contributed by atoms with Gasteiger partial charge in [0, 0.05) is 17.6 Å². The largest absolute Gasteiger partial charge is 0.494 e. The van der Waals surface area contributed by atoms with Crippen molar-refractivity contribution in [3.05, 3.63) is 58.9 Å². The highest BCUT2D eigenvalue weighted by Crippen LogP contribution is 2.25. The van der Waals surface area contributed by atoms with Crippen LogP contribution in [0.5, 0.6) is 5.75 Å². The van der Waals surface area contributed by atoms with Crippen LogP contribution in [0.1, 0.15) is 5.56 Å². The van der Waals surface area contributed by atoms with E-state index in [1.54, 1.807) is 6.07 Å². The molecule has 0 spiro atoms. The summed E-state index contributed by atoms with van der Waals surface area (Å²) >= 11 is 5.90. The SMILES string of the molecule is COc1cc(F)ccc1NCc1cccc(Cl)c1. The molecule has 94 valence electrons. The first kappa shape index (κ1) is 12.7. The summed E-state index contributed by atoms with van der Waals surface area (Å²) in [5.74, 6) is 0.164. The standard InChI is InChI=1S/C14H13ClFNO/c1-18-14-8-12(16)5-6-13(14)17-9-10-3-2-4-11(15)7-10/h2-8,17H,9H2,1H3. The Hall–Kier alpha value is -1.74. The summed E-state index contributed by atoms with van der Waals surface area (Å²) in [5.41, 5.74) is 1.80. The number of benzene rings is 2. The van der Waals surface area contributed by atoms with Crippen LogP contribution in [0.3, 0.4) is 0 Å². The van der Waals surface area contributed by atoms with E-state index in [-0.39, 0.29) is 5.82 Å². The van der Waals surface area contributed by atoms with Crippen LogP contribution in [-0.4, -0.2) is 7.11 Å². The first-order valence-corrected chi connectivity index (χ1v) is 5.88. The lowest BCUT2D eigenvalue weighted by molar-refractivity contribution is 0.413. The van der Waals surface area contributed by atoms with Crippen LogP contribution in [0, 0.1) is 5.82 Å². The van der Waals surface area contributed by atoms with E-state index in [1.165, 1.54) is 19.2 Å². The second-order valence-corrected chi connectivity index (χ2v) is 4.26. The van der Waals surface area contributed by atoms with Crippen molar-refractivity contribution in [2.24, 2.45) is 0 Å². The summed E-state index contributed by atoms with van der Waals surface area (Å²) in [4.78, 5) is 0. The minimum absolute atomic E-state index is 0.319. The van der Waals surface area contributed by atoms with Gasteiger partial charge in [0.2, 0.25) is 0 Å². The topological polar surface area (TPSA) is 21.3 Å². The molecule has 1 N–H and O–H groups in total. The first-order chi connectivity index (χ1) is 8.69. The minimum atomic E-state index is -0.319. The number of hydrogen-bond acceptors (Lipinski definition) is 2. The number of halogens is 2. The number of hydrogen-bond donors (Lipinski definition) is 1. The lowest BCUT2D eigenvalue weighted by Crippen LogP contribution is -2.01. The van der Waals surface area contributed by atoms with E-state index < -0.39 is 0 Å². The molecular weight excluding hydrogens is 253 g/mol. The zero-order valence-corrected chi connectivity index (χ0v) is 10.7. The van der Waals surface area contributed by atoms with Crippen LogP contribution >= 0.6 is 11.6 Å². The molecular formula is C14H13ClFNO. The predicted octanol–water partition coefficient (Wildman–Crippen LogP) is 4.10. The third-order valence-corrected chi connectivity index (χ3v) is 2.77. The summed E-state index contributed by atoms with van der Waals surface area (Å²) in [6.07, 6.45) is 0. The monoisotopic (exact) mass is 265 g/mol. The summed E-state index contributed by atoms with van der Waals surface area (Å²) < 4.78 is 18.1. The second-order valence-electron chi connectivity index (χ2n) is 3.83. The van der Waals surface area contributed by atoms with Gasteiger partial charge in [0.05, 0.1) is 12.8 Å². The number of ether oxygens (including phenoxy) is 1. The van der Waals surface area contributed by atoms with Gasteiger partial charge in [-0.1, -0.05) is 23.7 Å². The third kappa shape index (κ3) is 3.14. The molecule has 0 aromatic heterocycles. The van der Waals surface area contributed by atoms with Crippen LogP contribution in [0.4, 0.5) is 10.1 Å². The Morgan fingerprint density at radius 2 is 2.06 bits per heavy atom. The molecule has 2 aromatic carbocycles. The molecule has 2 rings (SSSR count). The van der Waals surface area contributed by atoms with E-state index in [2.05, 4.69) is 5.32 Å². The van der Waals surface area contributed by atoms with Crippen molar-refractivity contribution >= 4 is 17.3 Å². The van der Waals surface area contributed by atoms with Gasteiger partial charge in [-0.2, -0.15) is 0 Å². The quantitative estimate of drug-likeness (QED) is 0.899. The molecule has 0 saturated heterocycles. The van der Waals surface area contributed by atoms with Crippen LogP contribution in [0.25, 0.3) is 0 Å². The molecule has 0 unspecified atom stereocenters. The number of anilines is 1. The maximum atomic E-state index is 13.0. The van der Waals surface area contributed by atoms with Crippen molar-refractivity contribution in [2.45, 2.75) is 6.54 Å². The Morgan fingerprint density at radius 1 is 1.22 bits per heavy atom. The Balaban J connectivity index is 2.10. The molecule has 0 aliphatic heterocycles. The molecule has 0 saturated carbocycles. The van der Waals surface area contributed by atoms with Crippen molar-refractivity contribution in [1.82, 2.24) is 0 Å². The molecule has 0 amide bonds. The Morgan fingerprint density at radius 3 is 2.78 bits per heavy atom. The molecule has 0 aliphatic carbocycles. The first-order valence-electron chi connectivity index (χ1n) is 5.51. The Labute approximate surface area is 110 Å². The summed E-state index contributed by atoms with van der Waals surface area (Å²) in [6, 6.07) is 12.0. The van der Waals surface area contributed by atoms with Crippen molar-refractivity contribution in [1.29, 1.82) is 0 Å². The smallest absolute Gasteiger partial charge is 0.144 e. The van der Waals surface area contributed by atoms with Gasteiger partial charge in [-0.25, -0.2) is 4.39 Å². The van der Waals surface area contributed by atoms with E-state index in [9.17, 15) is 4.39 Å². The van der Waals surface area contributed by atoms with Crippen molar-refractivity contribution in [3.63, 3.8) is 0 Å². The highest BCUT2D eigenvalue weighted by molar-refractivity contribution is 6.30. The average Bonchev–Trinajstić information content (AvgIpc) is 2.37. The van der Waals surface area contributed by atoms with Gasteiger partial charge < -0.3 is 10.1 Å². The molecule has 2 nitrogen and oxygen atoms in total. The van der Waals surface area contributed by atoms with E-state index >= 15 is 0 Å². The number of rotatable bonds is 4. The maximum Gasteiger partial charge on any atom is 0.144 e. The van der Waals surface area contributed by atoms with E-state index in [0.29, 0.717) is 17.3 Å². The fraction of sp³-hybridized carbons (Fsp3) is 0.143. The molecule has 0 heterocycles. The molecule has 2 aromatic rings. The summed E-state index contributed by atoms with van der Waals surface area (Å²) in [7, 11) is 1.51. The molecule has 18 heavy (non-hydrogen) atoms. The van der Waals surface area contributed by atoms with Crippen LogP contribution in [-0.2, 0) is 6.54 Å². The van der Waals surface area contributed by atoms with Gasteiger partial charge in [0.15, 0.2) is 0 Å². The number of nitrogens with one attached hydrogen (secondary N) is 1. The molecule has 0 radical (unpaired) electrons. The van der Waals surface area contributed by atoms with Gasteiger partial charge in [-0.3, -0.25) is 0 Å². The van der Waals surface area contributed by atoms with E-state index in [1.807, 2.05) is 24.3 Å². The zero-order valence-electron chi connectivity index (χ0n) is 9.91. The van der Waals surface area contributed by atoms with Crippen LogP contribution in [0.15, 0.2) is 42.5 Å². The van der Waals surface area contributed by atoms with Gasteiger partial charge in [0.25, 0.3) is 0 Å². The highest BCUT2D eigenvalue weighted by atomic mass is 35.5. The fourth-order valence-electron chi connectivity index (χ4n) is 1.66. The molecule has 0 bridgehead atoms. The van der Waals surface area contributed by atoms with Crippen molar-refractivity contribution in [3.8, 4) is 5.75 Å². The lowest BCUT2D eigenvalue weighted by atomic mass is 10.2. The maximum absolute atomic E-state index is 13.0. The Bertz CT molecular complexity index is 545. The number of methoxy groups -OCH3 is 1. The van der Waals surface area contributed by atoms with Crippen molar-refractivity contribution in [2.75, 3.05) is 12.4 Å². The van der Waals surface area contributed by atoms with Gasteiger partial charge in [-0.05, 0) is 29.8 Å². The fourth-order valence-corrected chi connectivity index (χ4v) is 1.87. The van der Waals surface area contributed by atoms with Gasteiger partial charge in [0.1, 0.15) is 11.6 Å². The second kappa shape index (κ2) is 5.74. The van der Waals surface area contributed by atoms with E-state index in [4.69, 9.17) is 16.3 Å². The third-order valence-electron chi connectivity index (χ3n) is 2.54. The summed E-state index contributed by atoms with van der Waals surface area (Å²) in [5, 5.41) is 3.88. The Kier molecular flexibility index (Phi) is 4.05. The van der Waals surface area contributed by atoms with Crippen molar-refractivity contribution < 1.29 is 9.13 Å². The minimum Gasteiger partial charge on any atom is -0.494 e. The van der Waals surface area contributed by atoms with Crippen LogP contribution in [0.2, 0.25) is 5.02 Å². The zero-order chi connectivity index (χ0) is 13.0. The predicted molar refractivity (Wildman–Crippen MR) is 71.7 cm³/mol. The van der Waals surface area contributed by atoms with Gasteiger partial charge >= 0.3 is 0 Å². The molecule has 0 fully saturated rings.